The summed E-state index contributed by atoms with van der Waals surface area (Å²) in [6, 6.07) is 7.74. The molecule has 0 aliphatic rings. The first-order valence-corrected chi connectivity index (χ1v) is 6.42. The minimum absolute atomic E-state index is 0.335. The van der Waals surface area contributed by atoms with Crippen molar-refractivity contribution < 1.29 is 14.6 Å². The number of aliphatic carboxylic acids is 1. The molecule has 1 aromatic rings. The van der Waals surface area contributed by atoms with E-state index in [9.17, 15) is 4.79 Å². The van der Waals surface area contributed by atoms with Gasteiger partial charge in [0.05, 0.1) is 6.61 Å². The summed E-state index contributed by atoms with van der Waals surface area (Å²) in [5.74, 6) is -0.0743. The van der Waals surface area contributed by atoms with Crippen LogP contribution in [-0.2, 0) is 4.79 Å². The number of benzene rings is 1. The van der Waals surface area contributed by atoms with E-state index in [1.807, 2.05) is 44.2 Å². The quantitative estimate of drug-likeness (QED) is 0.623. The van der Waals surface area contributed by atoms with Crippen LogP contribution in [0.5, 0.6) is 5.75 Å². The lowest BCUT2D eigenvalue weighted by molar-refractivity contribution is -0.132. The van der Waals surface area contributed by atoms with Crippen LogP contribution in [0.1, 0.15) is 32.8 Å². The van der Waals surface area contributed by atoms with Crippen LogP contribution in [-0.4, -0.2) is 17.7 Å². The molecule has 0 aliphatic heterocycles. The zero-order valence-corrected chi connectivity index (χ0v) is 11.6. The lowest BCUT2D eigenvalue weighted by Gasteiger charge is -2.08. The number of rotatable bonds is 6. The minimum atomic E-state index is -0.891. The maximum atomic E-state index is 10.9. The molecule has 0 amide bonds. The molecule has 1 aromatic carbocycles. The molecule has 0 saturated carbocycles. The van der Waals surface area contributed by atoms with Gasteiger partial charge in [-0.15, -0.1) is 0 Å². The van der Waals surface area contributed by atoms with Gasteiger partial charge >= 0.3 is 5.97 Å². The minimum Gasteiger partial charge on any atom is -0.493 e. The summed E-state index contributed by atoms with van der Waals surface area (Å²) in [6.45, 7) is 6.15. The lowest BCUT2D eigenvalue weighted by Crippen LogP contribution is -1.97. The Kier molecular flexibility index (Phi) is 5.86. The van der Waals surface area contributed by atoms with Crippen LogP contribution in [0.2, 0.25) is 0 Å². The summed E-state index contributed by atoms with van der Waals surface area (Å²) >= 11 is 0. The molecular weight excluding hydrogens is 240 g/mol. The Hall–Kier alpha value is -2.03. The second-order valence-corrected chi connectivity index (χ2v) is 4.18. The molecule has 0 spiro atoms. The van der Waals surface area contributed by atoms with Crippen molar-refractivity contribution in [3.05, 3.63) is 47.1 Å². The Morgan fingerprint density at radius 1 is 1.32 bits per heavy atom. The van der Waals surface area contributed by atoms with Crippen molar-refractivity contribution in [1.29, 1.82) is 0 Å². The molecule has 0 fully saturated rings. The van der Waals surface area contributed by atoms with Crippen molar-refractivity contribution in [2.75, 3.05) is 6.61 Å². The number of para-hydroxylation sites is 1. The average molecular weight is 260 g/mol. The maximum absolute atomic E-state index is 10.9. The first kappa shape index (κ1) is 15.0. The van der Waals surface area contributed by atoms with E-state index in [0.717, 1.165) is 23.3 Å². The fourth-order valence-electron chi connectivity index (χ4n) is 1.67. The second-order valence-electron chi connectivity index (χ2n) is 4.18. The molecule has 1 rings (SSSR count). The van der Waals surface area contributed by atoms with E-state index in [0.29, 0.717) is 12.2 Å². The Labute approximate surface area is 114 Å². The molecule has 19 heavy (non-hydrogen) atoms. The van der Waals surface area contributed by atoms with Crippen LogP contribution in [0.25, 0.3) is 6.08 Å². The van der Waals surface area contributed by atoms with Crippen LogP contribution in [0.15, 0.2) is 41.5 Å². The monoisotopic (exact) mass is 260 g/mol. The molecule has 0 saturated heterocycles. The van der Waals surface area contributed by atoms with Crippen LogP contribution >= 0.6 is 0 Å². The average Bonchev–Trinajstić information content (AvgIpc) is 2.40. The molecule has 0 heterocycles. The largest absolute Gasteiger partial charge is 0.493 e. The highest BCUT2D eigenvalue weighted by atomic mass is 16.5. The van der Waals surface area contributed by atoms with Crippen LogP contribution in [0, 0.1) is 0 Å². The molecule has 0 radical (unpaired) electrons. The number of carboxylic acid groups (broad SMARTS) is 1. The van der Waals surface area contributed by atoms with Gasteiger partial charge in [0.1, 0.15) is 5.75 Å². The van der Waals surface area contributed by atoms with Crippen molar-refractivity contribution in [2.45, 2.75) is 27.2 Å². The van der Waals surface area contributed by atoms with E-state index >= 15 is 0 Å². The third kappa shape index (κ3) is 4.62. The summed E-state index contributed by atoms with van der Waals surface area (Å²) < 4.78 is 5.55. The zero-order valence-electron chi connectivity index (χ0n) is 11.6. The van der Waals surface area contributed by atoms with Gasteiger partial charge in [0, 0.05) is 11.1 Å². The molecule has 1 N–H and O–H groups in total. The van der Waals surface area contributed by atoms with Crippen molar-refractivity contribution >= 4 is 12.0 Å². The normalized spacial score (nSPS) is 12.4. The van der Waals surface area contributed by atoms with Crippen molar-refractivity contribution in [3.8, 4) is 5.75 Å². The molecule has 0 aromatic heterocycles. The summed E-state index contributed by atoms with van der Waals surface area (Å²) in [6.07, 6.45) is 4.44. The predicted molar refractivity (Wildman–Crippen MR) is 77.3 cm³/mol. The van der Waals surface area contributed by atoms with Gasteiger partial charge < -0.3 is 9.84 Å². The van der Waals surface area contributed by atoms with Gasteiger partial charge in [-0.05, 0) is 44.1 Å². The topological polar surface area (TPSA) is 46.5 Å². The van der Waals surface area contributed by atoms with E-state index in [1.165, 1.54) is 0 Å². The zero-order chi connectivity index (χ0) is 14.3. The molecule has 0 bridgehead atoms. The fraction of sp³-hybridized carbons (Fsp3) is 0.312. The van der Waals surface area contributed by atoms with Gasteiger partial charge in [-0.25, -0.2) is 4.79 Å². The van der Waals surface area contributed by atoms with Crippen molar-refractivity contribution in [1.82, 2.24) is 0 Å². The van der Waals surface area contributed by atoms with Gasteiger partial charge in [0.25, 0.3) is 0 Å². The first-order chi connectivity index (χ1) is 9.08. The molecule has 0 unspecified atom stereocenters. The van der Waals surface area contributed by atoms with Gasteiger partial charge in [-0.3, -0.25) is 0 Å². The van der Waals surface area contributed by atoms with Crippen molar-refractivity contribution in [3.63, 3.8) is 0 Å². The highest BCUT2D eigenvalue weighted by Crippen LogP contribution is 2.22. The van der Waals surface area contributed by atoms with E-state index in [4.69, 9.17) is 9.84 Å². The van der Waals surface area contributed by atoms with Gasteiger partial charge in [-0.1, -0.05) is 25.1 Å². The van der Waals surface area contributed by atoms with E-state index in [2.05, 4.69) is 0 Å². The summed E-state index contributed by atoms with van der Waals surface area (Å²) in [7, 11) is 0. The van der Waals surface area contributed by atoms with Crippen LogP contribution in [0.3, 0.4) is 0 Å². The van der Waals surface area contributed by atoms with Gasteiger partial charge in [0.2, 0.25) is 0 Å². The second kappa shape index (κ2) is 7.41. The smallest absolute Gasteiger partial charge is 0.331 e. The Morgan fingerprint density at radius 2 is 2.00 bits per heavy atom. The first-order valence-electron chi connectivity index (χ1n) is 6.42. The maximum Gasteiger partial charge on any atom is 0.331 e. The standard InChI is InChI=1S/C16H20O3/c1-4-13(10-12(3)16(17)18)11-14-8-6-7-9-15(14)19-5-2/h6-11H,4-5H2,1-3H3,(H,17,18)/b12-10+,13-11+. The van der Waals surface area contributed by atoms with Gasteiger partial charge in [0.15, 0.2) is 0 Å². The number of carbonyl (C=O) groups is 1. The Morgan fingerprint density at radius 3 is 2.58 bits per heavy atom. The number of hydrogen-bond acceptors (Lipinski definition) is 2. The van der Waals surface area contributed by atoms with E-state index < -0.39 is 5.97 Å². The Bertz CT molecular complexity index is 498. The fourth-order valence-corrected chi connectivity index (χ4v) is 1.67. The van der Waals surface area contributed by atoms with E-state index in [-0.39, 0.29) is 0 Å². The lowest BCUT2D eigenvalue weighted by atomic mass is 10.1. The third-order valence-electron chi connectivity index (χ3n) is 2.71. The number of carboxylic acids is 1. The molecule has 3 nitrogen and oxygen atoms in total. The third-order valence-corrected chi connectivity index (χ3v) is 2.71. The van der Waals surface area contributed by atoms with Crippen LogP contribution in [0.4, 0.5) is 0 Å². The molecule has 102 valence electrons. The molecular formula is C16H20O3. The highest BCUT2D eigenvalue weighted by Gasteiger charge is 2.03. The number of ether oxygens (including phenoxy) is 1. The molecule has 0 atom stereocenters. The van der Waals surface area contributed by atoms with Crippen molar-refractivity contribution in [2.24, 2.45) is 0 Å². The summed E-state index contributed by atoms with van der Waals surface area (Å²) in [5.41, 5.74) is 2.27. The number of hydrogen-bond donors (Lipinski definition) is 1. The highest BCUT2D eigenvalue weighted by molar-refractivity contribution is 5.86. The summed E-state index contributed by atoms with van der Waals surface area (Å²) in [5, 5.41) is 8.91. The van der Waals surface area contributed by atoms with Crippen LogP contribution < -0.4 is 4.74 Å². The Balaban J connectivity index is 3.11. The molecule has 3 heteroatoms. The SMILES string of the molecule is CCOc1ccccc1/C=C(/C=C(\C)C(=O)O)CC. The predicted octanol–water partition coefficient (Wildman–Crippen LogP) is 3.91. The van der Waals surface area contributed by atoms with E-state index in [1.54, 1.807) is 13.0 Å². The summed E-state index contributed by atoms with van der Waals surface area (Å²) in [4.78, 5) is 10.9. The molecule has 0 aliphatic carbocycles. The van der Waals surface area contributed by atoms with Gasteiger partial charge in [-0.2, -0.15) is 0 Å². The number of allylic oxidation sites excluding steroid dienone is 2.